The van der Waals surface area contributed by atoms with Crippen LogP contribution in [0.5, 0.6) is 5.75 Å². The van der Waals surface area contributed by atoms with E-state index >= 15 is 0 Å². The first kappa shape index (κ1) is 18.0. The standard InChI is InChI=1S/C16H20N4OS.HI/c1-11-8-18-15(22-11)10-20-16(17-2)19-9-13-7-12-5-3-4-6-14(12)21-13;/h3-6,8,13H,7,9-10H2,1-2H3,(H2,17,19,20);1H. The molecule has 0 bridgehead atoms. The first-order chi connectivity index (χ1) is 10.7. The summed E-state index contributed by atoms with van der Waals surface area (Å²) in [6.07, 6.45) is 2.98. The second-order valence-electron chi connectivity index (χ2n) is 5.22. The lowest BCUT2D eigenvalue weighted by atomic mass is 10.1. The molecule has 0 amide bonds. The molecule has 0 saturated heterocycles. The summed E-state index contributed by atoms with van der Waals surface area (Å²) in [5, 5.41) is 7.65. The van der Waals surface area contributed by atoms with Crippen molar-refractivity contribution < 1.29 is 4.74 Å². The Kier molecular flexibility index (Phi) is 6.64. The number of ether oxygens (including phenoxy) is 1. The van der Waals surface area contributed by atoms with Gasteiger partial charge in [-0.25, -0.2) is 4.98 Å². The largest absolute Gasteiger partial charge is 0.488 e. The molecule has 2 N–H and O–H groups in total. The van der Waals surface area contributed by atoms with Crippen LogP contribution in [-0.4, -0.2) is 30.6 Å². The average Bonchev–Trinajstić information content (AvgIpc) is 3.13. The topological polar surface area (TPSA) is 58.5 Å². The number of hydrogen-bond donors (Lipinski definition) is 2. The van der Waals surface area contributed by atoms with Crippen molar-refractivity contribution in [2.24, 2.45) is 4.99 Å². The molecule has 0 spiro atoms. The summed E-state index contributed by atoms with van der Waals surface area (Å²) in [7, 11) is 1.77. The lowest BCUT2D eigenvalue weighted by Crippen LogP contribution is -2.41. The van der Waals surface area contributed by atoms with Crippen molar-refractivity contribution in [2.45, 2.75) is 26.0 Å². The van der Waals surface area contributed by atoms with Crippen molar-refractivity contribution in [2.75, 3.05) is 13.6 Å². The molecule has 1 unspecified atom stereocenters. The predicted molar refractivity (Wildman–Crippen MR) is 105 cm³/mol. The molecule has 2 heterocycles. The molecular formula is C16H21IN4OS. The van der Waals surface area contributed by atoms with E-state index in [2.05, 4.69) is 39.7 Å². The second kappa shape index (κ2) is 8.49. The lowest BCUT2D eigenvalue weighted by Gasteiger charge is -2.15. The van der Waals surface area contributed by atoms with Gasteiger partial charge >= 0.3 is 0 Å². The van der Waals surface area contributed by atoms with Crippen molar-refractivity contribution in [1.29, 1.82) is 0 Å². The van der Waals surface area contributed by atoms with Crippen LogP contribution in [0, 0.1) is 6.92 Å². The number of aromatic nitrogens is 1. The van der Waals surface area contributed by atoms with Gasteiger partial charge in [0.05, 0.1) is 13.1 Å². The molecule has 1 atom stereocenters. The van der Waals surface area contributed by atoms with Crippen LogP contribution < -0.4 is 15.4 Å². The number of thiazole rings is 1. The maximum Gasteiger partial charge on any atom is 0.191 e. The summed E-state index contributed by atoms with van der Waals surface area (Å²) in [6, 6.07) is 8.19. The highest BCUT2D eigenvalue weighted by Crippen LogP contribution is 2.27. The minimum Gasteiger partial charge on any atom is -0.488 e. The normalized spacial score (nSPS) is 16.3. The quantitative estimate of drug-likeness (QED) is 0.433. The molecule has 5 nitrogen and oxygen atoms in total. The number of nitrogens with zero attached hydrogens (tertiary/aromatic N) is 2. The molecule has 3 rings (SSSR count). The molecule has 0 fully saturated rings. The third-order valence-corrected chi connectivity index (χ3v) is 4.42. The molecule has 0 saturated carbocycles. The van der Waals surface area contributed by atoms with Gasteiger partial charge in [0, 0.05) is 24.5 Å². The number of hydrogen-bond acceptors (Lipinski definition) is 4. The zero-order valence-corrected chi connectivity index (χ0v) is 16.4. The van der Waals surface area contributed by atoms with Crippen LogP contribution >= 0.6 is 35.3 Å². The van der Waals surface area contributed by atoms with Gasteiger partial charge in [-0.1, -0.05) is 18.2 Å². The number of nitrogens with one attached hydrogen (secondary N) is 2. The Morgan fingerprint density at radius 3 is 2.91 bits per heavy atom. The minimum absolute atomic E-state index is 0. The molecule has 1 aliphatic rings. The number of halogens is 1. The van der Waals surface area contributed by atoms with Crippen LogP contribution in [0.15, 0.2) is 35.5 Å². The number of benzene rings is 1. The third kappa shape index (κ3) is 4.81. The van der Waals surface area contributed by atoms with E-state index in [1.165, 1.54) is 10.4 Å². The van der Waals surface area contributed by atoms with Crippen molar-refractivity contribution in [3.05, 3.63) is 45.9 Å². The fraction of sp³-hybridized carbons (Fsp3) is 0.375. The van der Waals surface area contributed by atoms with E-state index in [0.717, 1.165) is 29.7 Å². The van der Waals surface area contributed by atoms with Crippen LogP contribution in [0.1, 0.15) is 15.4 Å². The van der Waals surface area contributed by atoms with Gasteiger partial charge in [-0.05, 0) is 18.6 Å². The lowest BCUT2D eigenvalue weighted by molar-refractivity contribution is 0.235. The number of fused-ring (bicyclic) bond motifs is 1. The molecule has 7 heteroatoms. The van der Waals surface area contributed by atoms with E-state index in [1.807, 2.05) is 18.3 Å². The van der Waals surface area contributed by atoms with Crippen molar-refractivity contribution in [3.63, 3.8) is 0 Å². The highest BCUT2D eigenvalue weighted by Gasteiger charge is 2.22. The highest BCUT2D eigenvalue weighted by atomic mass is 127. The summed E-state index contributed by atoms with van der Waals surface area (Å²) < 4.78 is 5.91. The Hall–Kier alpha value is -1.35. The Morgan fingerprint density at radius 1 is 1.39 bits per heavy atom. The maximum absolute atomic E-state index is 5.91. The van der Waals surface area contributed by atoms with E-state index < -0.39 is 0 Å². The maximum atomic E-state index is 5.91. The first-order valence-electron chi connectivity index (χ1n) is 7.35. The number of guanidine groups is 1. The SMILES string of the molecule is CN=C(NCc1ncc(C)s1)NCC1Cc2ccccc2O1.I. The smallest absolute Gasteiger partial charge is 0.191 e. The van der Waals surface area contributed by atoms with Gasteiger partial charge in [0.25, 0.3) is 0 Å². The first-order valence-corrected chi connectivity index (χ1v) is 8.16. The second-order valence-corrected chi connectivity index (χ2v) is 6.54. The van der Waals surface area contributed by atoms with Gasteiger partial charge in [-0.15, -0.1) is 35.3 Å². The average molecular weight is 444 g/mol. The Balaban J connectivity index is 0.00000192. The Bertz CT molecular complexity index is 649. The van der Waals surface area contributed by atoms with Crippen LogP contribution in [0.2, 0.25) is 0 Å². The van der Waals surface area contributed by atoms with Crippen molar-refractivity contribution in [3.8, 4) is 5.75 Å². The number of para-hydroxylation sites is 1. The van der Waals surface area contributed by atoms with E-state index in [0.29, 0.717) is 6.54 Å². The number of aliphatic imine (C=N–C) groups is 1. The summed E-state index contributed by atoms with van der Waals surface area (Å²) in [6.45, 7) is 3.47. The number of rotatable bonds is 4. The van der Waals surface area contributed by atoms with Gasteiger partial charge in [-0.3, -0.25) is 4.99 Å². The summed E-state index contributed by atoms with van der Waals surface area (Å²) in [5.41, 5.74) is 1.27. The van der Waals surface area contributed by atoms with Crippen molar-refractivity contribution >= 4 is 41.3 Å². The van der Waals surface area contributed by atoms with Crippen LogP contribution in [0.3, 0.4) is 0 Å². The molecule has 0 radical (unpaired) electrons. The zero-order valence-electron chi connectivity index (χ0n) is 13.2. The summed E-state index contributed by atoms with van der Waals surface area (Å²) in [4.78, 5) is 9.79. The van der Waals surface area contributed by atoms with Crippen LogP contribution in [-0.2, 0) is 13.0 Å². The van der Waals surface area contributed by atoms with Gasteiger partial charge < -0.3 is 15.4 Å². The molecule has 0 aliphatic carbocycles. The molecule has 124 valence electrons. The molecule has 1 aliphatic heterocycles. The number of aryl methyl sites for hydroxylation is 1. The fourth-order valence-corrected chi connectivity index (χ4v) is 3.17. The van der Waals surface area contributed by atoms with Crippen LogP contribution in [0.4, 0.5) is 0 Å². The Labute approximate surface area is 157 Å². The fourth-order valence-electron chi connectivity index (χ4n) is 2.44. The molecule has 23 heavy (non-hydrogen) atoms. The van der Waals surface area contributed by atoms with Gasteiger partial charge in [-0.2, -0.15) is 0 Å². The summed E-state index contributed by atoms with van der Waals surface area (Å²) >= 11 is 1.69. The van der Waals surface area contributed by atoms with Gasteiger partial charge in [0.1, 0.15) is 16.9 Å². The predicted octanol–water partition coefficient (Wildman–Crippen LogP) is 2.74. The summed E-state index contributed by atoms with van der Waals surface area (Å²) in [5.74, 6) is 1.77. The van der Waals surface area contributed by atoms with Gasteiger partial charge in [0.2, 0.25) is 0 Å². The van der Waals surface area contributed by atoms with E-state index in [-0.39, 0.29) is 30.1 Å². The highest BCUT2D eigenvalue weighted by molar-refractivity contribution is 14.0. The monoisotopic (exact) mass is 444 g/mol. The minimum atomic E-state index is 0. The van der Waals surface area contributed by atoms with Crippen molar-refractivity contribution in [1.82, 2.24) is 15.6 Å². The molecule has 1 aromatic heterocycles. The van der Waals surface area contributed by atoms with E-state index in [9.17, 15) is 0 Å². The molecule has 2 aromatic rings. The van der Waals surface area contributed by atoms with E-state index in [4.69, 9.17) is 4.74 Å². The van der Waals surface area contributed by atoms with Gasteiger partial charge in [0.15, 0.2) is 5.96 Å². The zero-order chi connectivity index (χ0) is 15.4. The third-order valence-electron chi connectivity index (χ3n) is 3.51. The van der Waals surface area contributed by atoms with E-state index in [1.54, 1.807) is 18.4 Å². The Morgan fingerprint density at radius 2 is 2.22 bits per heavy atom. The van der Waals surface area contributed by atoms with Crippen LogP contribution in [0.25, 0.3) is 0 Å². The molecule has 1 aromatic carbocycles. The molecular weight excluding hydrogens is 423 g/mol.